The second kappa shape index (κ2) is 5.87. The van der Waals surface area contributed by atoms with E-state index in [4.69, 9.17) is 5.11 Å². The maximum atomic E-state index is 13.5. The van der Waals surface area contributed by atoms with Crippen molar-refractivity contribution in [2.45, 2.75) is 31.7 Å². The van der Waals surface area contributed by atoms with Gasteiger partial charge in [0, 0.05) is 6.04 Å². The van der Waals surface area contributed by atoms with E-state index in [1.54, 1.807) is 0 Å². The standard InChI is InChI=1S/C13H12F5NO2/c14-7-8(15)10(17)12(11(18)9(7)16)19-6-3-1-5(2-4-6)13(20)21/h5-6,19H,1-4H2,(H,20,21). The minimum absolute atomic E-state index is 0.274. The molecule has 1 aliphatic carbocycles. The quantitative estimate of drug-likeness (QED) is 0.511. The van der Waals surface area contributed by atoms with Gasteiger partial charge in [0.05, 0.1) is 5.92 Å². The molecule has 0 bridgehead atoms. The van der Waals surface area contributed by atoms with E-state index < -0.39 is 52.7 Å². The fourth-order valence-electron chi connectivity index (χ4n) is 2.42. The molecule has 21 heavy (non-hydrogen) atoms. The van der Waals surface area contributed by atoms with Crippen LogP contribution in [0.3, 0.4) is 0 Å². The van der Waals surface area contributed by atoms with Gasteiger partial charge in [0.15, 0.2) is 23.3 Å². The molecular formula is C13H12F5NO2. The molecule has 0 radical (unpaired) electrons. The zero-order valence-electron chi connectivity index (χ0n) is 10.7. The number of hydrogen-bond donors (Lipinski definition) is 2. The average Bonchev–Trinajstić information content (AvgIpc) is 2.48. The first kappa shape index (κ1) is 15.5. The van der Waals surface area contributed by atoms with Crippen molar-refractivity contribution in [2.75, 3.05) is 5.32 Å². The number of carboxylic acid groups (broad SMARTS) is 1. The van der Waals surface area contributed by atoms with Gasteiger partial charge in [0.2, 0.25) is 5.82 Å². The van der Waals surface area contributed by atoms with E-state index in [-0.39, 0.29) is 25.7 Å². The van der Waals surface area contributed by atoms with Gasteiger partial charge in [-0.05, 0) is 25.7 Å². The SMILES string of the molecule is O=C(O)C1CCC(Nc2c(F)c(F)c(F)c(F)c2F)CC1. The molecule has 0 heterocycles. The van der Waals surface area contributed by atoms with Crippen LogP contribution in [-0.4, -0.2) is 17.1 Å². The Kier molecular flexibility index (Phi) is 4.34. The topological polar surface area (TPSA) is 49.3 Å². The van der Waals surface area contributed by atoms with Crippen LogP contribution >= 0.6 is 0 Å². The summed E-state index contributed by atoms with van der Waals surface area (Å²) in [7, 11) is 0. The molecule has 2 N–H and O–H groups in total. The molecule has 116 valence electrons. The van der Waals surface area contributed by atoms with Crippen molar-refractivity contribution in [3.05, 3.63) is 29.1 Å². The van der Waals surface area contributed by atoms with Crippen LogP contribution in [-0.2, 0) is 4.79 Å². The molecule has 1 aliphatic rings. The Morgan fingerprint density at radius 1 is 0.857 bits per heavy atom. The molecule has 0 atom stereocenters. The lowest BCUT2D eigenvalue weighted by molar-refractivity contribution is -0.142. The molecule has 0 aromatic heterocycles. The summed E-state index contributed by atoms with van der Waals surface area (Å²) in [5.41, 5.74) is -1.06. The highest BCUT2D eigenvalue weighted by Crippen LogP contribution is 2.31. The zero-order chi connectivity index (χ0) is 15.7. The molecule has 1 aromatic carbocycles. The van der Waals surface area contributed by atoms with E-state index in [2.05, 4.69) is 5.32 Å². The number of nitrogens with one attached hydrogen (secondary N) is 1. The Bertz CT molecular complexity index is 541. The molecule has 0 unspecified atom stereocenters. The minimum atomic E-state index is -2.20. The summed E-state index contributed by atoms with van der Waals surface area (Å²) >= 11 is 0. The number of hydrogen-bond acceptors (Lipinski definition) is 2. The van der Waals surface area contributed by atoms with Gasteiger partial charge in [-0.1, -0.05) is 0 Å². The first-order valence-corrected chi connectivity index (χ1v) is 6.33. The summed E-state index contributed by atoms with van der Waals surface area (Å²) in [6.07, 6.45) is 1.11. The number of aliphatic carboxylic acids is 1. The van der Waals surface area contributed by atoms with E-state index >= 15 is 0 Å². The van der Waals surface area contributed by atoms with Crippen LogP contribution in [0.2, 0.25) is 0 Å². The van der Waals surface area contributed by atoms with Crippen molar-refractivity contribution >= 4 is 11.7 Å². The highest BCUT2D eigenvalue weighted by Gasteiger charge is 2.30. The van der Waals surface area contributed by atoms with Crippen LogP contribution in [0.5, 0.6) is 0 Å². The number of benzene rings is 1. The predicted octanol–water partition coefficient (Wildman–Crippen LogP) is 3.44. The van der Waals surface area contributed by atoms with Crippen LogP contribution in [0.15, 0.2) is 0 Å². The maximum Gasteiger partial charge on any atom is 0.306 e. The Hall–Kier alpha value is -1.86. The van der Waals surface area contributed by atoms with Crippen molar-refractivity contribution in [1.29, 1.82) is 0 Å². The van der Waals surface area contributed by atoms with Crippen LogP contribution in [0, 0.1) is 35.0 Å². The Morgan fingerprint density at radius 3 is 1.71 bits per heavy atom. The smallest absolute Gasteiger partial charge is 0.306 e. The Morgan fingerprint density at radius 2 is 1.29 bits per heavy atom. The normalized spacial score (nSPS) is 22.1. The fourth-order valence-corrected chi connectivity index (χ4v) is 2.42. The molecule has 1 saturated carbocycles. The van der Waals surface area contributed by atoms with Gasteiger partial charge in [-0.3, -0.25) is 4.79 Å². The average molecular weight is 309 g/mol. The molecule has 2 rings (SSSR count). The number of carboxylic acids is 1. The van der Waals surface area contributed by atoms with Crippen molar-refractivity contribution in [2.24, 2.45) is 5.92 Å². The first-order chi connectivity index (χ1) is 9.82. The van der Waals surface area contributed by atoms with Crippen molar-refractivity contribution in [1.82, 2.24) is 0 Å². The highest BCUT2D eigenvalue weighted by molar-refractivity contribution is 5.70. The lowest BCUT2D eigenvalue weighted by Gasteiger charge is -2.28. The molecule has 0 aliphatic heterocycles. The first-order valence-electron chi connectivity index (χ1n) is 6.33. The van der Waals surface area contributed by atoms with Crippen LogP contribution in [0.1, 0.15) is 25.7 Å². The summed E-state index contributed by atoms with van der Waals surface area (Å²) < 4.78 is 66.0. The number of anilines is 1. The van der Waals surface area contributed by atoms with Crippen molar-refractivity contribution in [3.8, 4) is 0 Å². The Labute approximate surface area is 116 Å². The molecule has 0 amide bonds. The minimum Gasteiger partial charge on any atom is -0.481 e. The van der Waals surface area contributed by atoms with Crippen LogP contribution in [0.25, 0.3) is 0 Å². The van der Waals surface area contributed by atoms with Gasteiger partial charge in [-0.15, -0.1) is 0 Å². The summed E-state index contributed by atoms with van der Waals surface area (Å²) in [6.45, 7) is 0. The second-order valence-corrected chi connectivity index (χ2v) is 4.98. The van der Waals surface area contributed by atoms with Crippen LogP contribution in [0.4, 0.5) is 27.6 Å². The molecule has 1 fully saturated rings. The van der Waals surface area contributed by atoms with E-state index in [9.17, 15) is 26.7 Å². The molecule has 3 nitrogen and oxygen atoms in total. The van der Waals surface area contributed by atoms with Crippen molar-refractivity contribution in [3.63, 3.8) is 0 Å². The van der Waals surface area contributed by atoms with Gasteiger partial charge in [-0.25, -0.2) is 22.0 Å². The van der Waals surface area contributed by atoms with E-state index in [0.29, 0.717) is 0 Å². The number of rotatable bonds is 3. The van der Waals surface area contributed by atoms with Crippen molar-refractivity contribution < 1.29 is 31.9 Å². The van der Waals surface area contributed by atoms with Gasteiger partial charge in [0.1, 0.15) is 5.69 Å². The summed E-state index contributed by atoms with van der Waals surface area (Å²) in [5, 5.41) is 11.1. The molecule has 0 spiro atoms. The van der Waals surface area contributed by atoms with E-state index in [1.165, 1.54) is 0 Å². The monoisotopic (exact) mass is 309 g/mol. The lowest BCUT2D eigenvalue weighted by atomic mass is 9.86. The molecule has 0 saturated heterocycles. The zero-order valence-corrected chi connectivity index (χ0v) is 10.7. The third kappa shape index (κ3) is 2.93. The Balaban J connectivity index is 2.16. The summed E-state index contributed by atoms with van der Waals surface area (Å²) in [6, 6.07) is -0.533. The maximum absolute atomic E-state index is 13.5. The van der Waals surface area contributed by atoms with Crippen LogP contribution < -0.4 is 5.32 Å². The highest BCUT2D eigenvalue weighted by atomic mass is 19.2. The third-order valence-electron chi connectivity index (χ3n) is 3.63. The predicted molar refractivity (Wildman–Crippen MR) is 63.2 cm³/mol. The van der Waals surface area contributed by atoms with E-state index in [0.717, 1.165) is 0 Å². The van der Waals surface area contributed by atoms with Gasteiger partial charge >= 0.3 is 5.97 Å². The van der Waals surface area contributed by atoms with Gasteiger partial charge in [-0.2, -0.15) is 0 Å². The third-order valence-corrected chi connectivity index (χ3v) is 3.63. The number of halogens is 5. The second-order valence-electron chi connectivity index (χ2n) is 4.98. The van der Waals surface area contributed by atoms with Gasteiger partial charge in [0.25, 0.3) is 0 Å². The lowest BCUT2D eigenvalue weighted by Crippen LogP contribution is -2.30. The van der Waals surface area contributed by atoms with E-state index in [1.807, 2.05) is 0 Å². The number of carbonyl (C=O) groups is 1. The molecule has 8 heteroatoms. The molecular weight excluding hydrogens is 297 g/mol. The summed E-state index contributed by atoms with van der Waals surface area (Å²) in [5.74, 6) is -11.5. The molecule has 1 aromatic rings. The fraction of sp³-hybridized carbons (Fsp3) is 0.462. The largest absolute Gasteiger partial charge is 0.481 e. The van der Waals surface area contributed by atoms with Gasteiger partial charge < -0.3 is 10.4 Å². The summed E-state index contributed by atoms with van der Waals surface area (Å²) in [4.78, 5) is 10.8.